The maximum absolute atomic E-state index is 13.1. The molecular formula is C19H14FN3O. The van der Waals surface area contributed by atoms with Gasteiger partial charge in [-0.3, -0.25) is 4.79 Å². The van der Waals surface area contributed by atoms with Crippen molar-refractivity contribution in [2.45, 2.75) is 6.54 Å². The van der Waals surface area contributed by atoms with Gasteiger partial charge in [0, 0.05) is 29.2 Å². The van der Waals surface area contributed by atoms with E-state index < -0.39 is 5.91 Å². The van der Waals surface area contributed by atoms with Crippen molar-refractivity contribution >= 4 is 22.9 Å². The summed E-state index contributed by atoms with van der Waals surface area (Å²) in [6.07, 6.45) is 3.35. The number of nitriles is 1. The SMILES string of the molecule is N#C/C(=C/c1cn(Cc2ccc(F)cc2)c2ccccc12)C(N)=O. The first kappa shape index (κ1) is 15.5. The number of primary amides is 1. The summed E-state index contributed by atoms with van der Waals surface area (Å²) in [5, 5.41) is 9.95. The van der Waals surface area contributed by atoms with Gasteiger partial charge in [-0.2, -0.15) is 5.26 Å². The van der Waals surface area contributed by atoms with Crippen LogP contribution < -0.4 is 5.73 Å². The summed E-state index contributed by atoms with van der Waals surface area (Å²) >= 11 is 0. The Labute approximate surface area is 138 Å². The Morgan fingerprint density at radius 1 is 1.21 bits per heavy atom. The second kappa shape index (κ2) is 6.39. The van der Waals surface area contributed by atoms with Crippen molar-refractivity contribution in [3.63, 3.8) is 0 Å². The van der Waals surface area contributed by atoms with E-state index in [1.165, 1.54) is 18.2 Å². The van der Waals surface area contributed by atoms with Crippen molar-refractivity contribution in [2.75, 3.05) is 0 Å². The van der Waals surface area contributed by atoms with Gasteiger partial charge in [0.2, 0.25) is 0 Å². The lowest BCUT2D eigenvalue weighted by Gasteiger charge is -2.05. The second-order valence-corrected chi connectivity index (χ2v) is 5.39. The number of para-hydroxylation sites is 1. The van der Waals surface area contributed by atoms with Gasteiger partial charge < -0.3 is 10.3 Å². The molecule has 3 aromatic rings. The summed E-state index contributed by atoms with van der Waals surface area (Å²) in [5.41, 5.74) is 7.75. The quantitative estimate of drug-likeness (QED) is 0.592. The number of aromatic nitrogens is 1. The van der Waals surface area contributed by atoms with Gasteiger partial charge in [-0.25, -0.2) is 4.39 Å². The average Bonchev–Trinajstić information content (AvgIpc) is 2.92. The number of fused-ring (bicyclic) bond motifs is 1. The highest BCUT2D eigenvalue weighted by molar-refractivity contribution is 6.03. The van der Waals surface area contributed by atoms with E-state index in [1.54, 1.807) is 12.1 Å². The van der Waals surface area contributed by atoms with E-state index in [9.17, 15) is 9.18 Å². The fraction of sp³-hybridized carbons (Fsp3) is 0.0526. The highest BCUT2D eigenvalue weighted by Crippen LogP contribution is 2.24. The Balaban J connectivity index is 2.08. The first-order valence-corrected chi connectivity index (χ1v) is 7.32. The predicted molar refractivity (Wildman–Crippen MR) is 90.2 cm³/mol. The molecule has 0 spiro atoms. The van der Waals surface area contributed by atoms with Crippen LogP contribution in [0.1, 0.15) is 11.1 Å². The Morgan fingerprint density at radius 3 is 2.58 bits per heavy atom. The fourth-order valence-electron chi connectivity index (χ4n) is 2.62. The van der Waals surface area contributed by atoms with Crippen LogP contribution in [0.5, 0.6) is 0 Å². The number of nitrogens with two attached hydrogens (primary N) is 1. The lowest BCUT2D eigenvalue weighted by atomic mass is 10.1. The van der Waals surface area contributed by atoms with Gasteiger partial charge >= 0.3 is 0 Å². The molecule has 0 bridgehead atoms. The Bertz CT molecular complexity index is 978. The van der Waals surface area contributed by atoms with Crippen molar-refractivity contribution in [1.29, 1.82) is 5.26 Å². The molecule has 0 fully saturated rings. The third-order valence-corrected chi connectivity index (χ3v) is 3.77. The largest absolute Gasteiger partial charge is 0.365 e. The Hall–Kier alpha value is -3.39. The van der Waals surface area contributed by atoms with Gasteiger partial charge in [0.05, 0.1) is 0 Å². The van der Waals surface area contributed by atoms with E-state index in [2.05, 4.69) is 0 Å². The highest BCUT2D eigenvalue weighted by atomic mass is 19.1. The predicted octanol–water partition coefficient (Wildman–Crippen LogP) is 3.22. The molecule has 2 N–H and O–H groups in total. The third kappa shape index (κ3) is 3.03. The third-order valence-electron chi connectivity index (χ3n) is 3.77. The number of hydrogen-bond donors (Lipinski definition) is 1. The van der Waals surface area contributed by atoms with Crippen LogP contribution in [0.3, 0.4) is 0 Å². The van der Waals surface area contributed by atoms with Crippen molar-refractivity contribution < 1.29 is 9.18 Å². The zero-order chi connectivity index (χ0) is 17.1. The van der Waals surface area contributed by atoms with E-state index in [0.29, 0.717) is 6.54 Å². The van der Waals surface area contributed by atoms with Crippen molar-refractivity contribution in [1.82, 2.24) is 4.57 Å². The highest BCUT2D eigenvalue weighted by Gasteiger charge is 2.10. The lowest BCUT2D eigenvalue weighted by Crippen LogP contribution is -2.12. The van der Waals surface area contributed by atoms with E-state index in [0.717, 1.165) is 22.0 Å². The number of benzene rings is 2. The van der Waals surface area contributed by atoms with Gasteiger partial charge in [0.25, 0.3) is 5.91 Å². The zero-order valence-electron chi connectivity index (χ0n) is 12.7. The monoisotopic (exact) mass is 319 g/mol. The molecule has 1 aromatic heterocycles. The molecule has 0 aliphatic heterocycles. The molecule has 1 heterocycles. The number of amides is 1. The molecule has 3 rings (SSSR count). The van der Waals surface area contributed by atoms with Crippen LogP contribution in [0.2, 0.25) is 0 Å². The Morgan fingerprint density at radius 2 is 1.92 bits per heavy atom. The second-order valence-electron chi connectivity index (χ2n) is 5.39. The maximum Gasteiger partial charge on any atom is 0.259 e. The van der Waals surface area contributed by atoms with Gasteiger partial charge in [-0.15, -0.1) is 0 Å². The van der Waals surface area contributed by atoms with Crippen molar-refractivity contribution in [3.8, 4) is 6.07 Å². The van der Waals surface area contributed by atoms with Crippen LogP contribution >= 0.6 is 0 Å². The van der Waals surface area contributed by atoms with E-state index in [-0.39, 0.29) is 11.4 Å². The summed E-state index contributed by atoms with van der Waals surface area (Å²) in [7, 11) is 0. The normalized spacial score (nSPS) is 11.4. The van der Waals surface area contributed by atoms with E-state index >= 15 is 0 Å². The van der Waals surface area contributed by atoms with Crippen LogP contribution in [-0.4, -0.2) is 10.5 Å². The lowest BCUT2D eigenvalue weighted by molar-refractivity contribution is -0.114. The van der Waals surface area contributed by atoms with Gasteiger partial charge in [-0.1, -0.05) is 30.3 Å². The molecule has 2 aromatic carbocycles. The first-order valence-electron chi connectivity index (χ1n) is 7.32. The van der Waals surface area contributed by atoms with Crippen LogP contribution in [0.4, 0.5) is 4.39 Å². The fourth-order valence-corrected chi connectivity index (χ4v) is 2.62. The molecule has 118 valence electrons. The number of hydrogen-bond acceptors (Lipinski definition) is 2. The molecule has 0 aliphatic rings. The molecule has 24 heavy (non-hydrogen) atoms. The number of halogens is 1. The summed E-state index contributed by atoms with van der Waals surface area (Å²) in [6, 6.07) is 15.8. The van der Waals surface area contributed by atoms with Crippen molar-refractivity contribution in [2.24, 2.45) is 5.73 Å². The first-order chi connectivity index (χ1) is 11.6. The van der Waals surface area contributed by atoms with Gasteiger partial charge in [-0.05, 0) is 29.8 Å². The molecule has 0 aliphatic carbocycles. The minimum atomic E-state index is -0.757. The molecule has 0 saturated heterocycles. The minimum absolute atomic E-state index is 0.0975. The zero-order valence-corrected chi connectivity index (χ0v) is 12.7. The number of rotatable bonds is 4. The van der Waals surface area contributed by atoms with Crippen LogP contribution in [-0.2, 0) is 11.3 Å². The molecule has 0 atom stereocenters. The number of nitrogens with zero attached hydrogens (tertiary/aromatic N) is 2. The summed E-state index contributed by atoms with van der Waals surface area (Å²) < 4.78 is 15.0. The van der Waals surface area contributed by atoms with Gasteiger partial charge in [0.15, 0.2) is 0 Å². The van der Waals surface area contributed by atoms with Crippen LogP contribution in [0.15, 0.2) is 60.3 Å². The van der Waals surface area contributed by atoms with Crippen LogP contribution in [0, 0.1) is 17.1 Å². The number of carbonyl (C=O) groups excluding carboxylic acids is 1. The molecule has 4 nitrogen and oxygen atoms in total. The minimum Gasteiger partial charge on any atom is -0.365 e. The molecule has 1 amide bonds. The topological polar surface area (TPSA) is 71.8 Å². The molecule has 5 heteroatoms. The summed E-state index contributed by atoms with van der Waals surface area (Å²) in [5.74, 6) is -1.03. The number of carbonyl (C=O) groups is 1. The standard InChI is InChI=1S/C19H14FN3O/c20-16-7-5-13(6-8-16)11-23-12-15(9-14(10-21)19(22)24)17-3-1-2-4-18(17)23/h1-9,12H,11H2,(H2,22,24)/b14-9-. The van der Waals surface area contributed by atoms with Crippen molar-refractivity contribution in [3.05, 3.63) is 77.2 Å². The van der Waals surface area contributed by atoms with E-state index in [1.807, 2.05) is 41.1 Å². The molecule has 0 unspecified atom stereocenters. The Kier molecular flexibility index (Phi) is 4.13. The smallest absolute Gasteiger partial charge is 0.259 e. The molecule has 0 radical (unpaired) electrons. The molecular weight excluding hydrogens is 305 g/mol. The maximum atomic E-state index is 13.1. The van der Waals surface area contributed by atoms with Gasteiger partial charge in [0.1, 0.15) is 17.5 Å². The van der Waals surface area contributed by atoms with Crippen LogP contribution in [0.25, 0.3) is 17.0 Å². The summed E-state index contributed by atoms with van der Waals surface area (Å²) in [4.78, 5) is 11.3. The van der Waals surface area contributed by atoms with E-state index in [4.69, 9.17) is 11.0 Å². The summed E-state index contributed by atoms with van der Waals surface area (Å²) in [6.45, 7) is 0.549. The molecule has 0 saturated carbocycles. The average molecular weight is 319 g/mol.